The fraction of sp³-hybridized carbons (Fsp3) is 0.571. The molecule has 0 saturated carbocycles. The number of rotatable bonds is 3. The molecule has 0 aliphatic heterocycles. The maximum Gasteiger partial charge on any atom is -0.0219 e. The third-order valence-electron chi connectivity index (χ3n) is 2.67. The molecule has 0 aliphatic rings. The Balaban J connectivity index is 2.96. The van der Waals surface area contributed by atoms with Crippen LogP contribution >= 0.6 is 0 Å². The van der Waals surface area contributed by atoms with Crippen LogP contribution in [0.15, 0.2) is 18.2 Å². The normalized spacial score (nSPS) is 11.4. The molecule has 0 radical (unpaired) electrons. The quantitative estimate of drug-likeness (QED) is 0.666. The van der Waals surface area contributed by atoms with Crippen LogP contribution in [0, 0.1) is 12.8 Å². The van der Waals surface area contributed by atoms with Crippen LogP contribution in [0.5, 0.6) is 0 Å². The van der Waals surface area contributed by atoms with Crippen molar-refractivity contribution in [3.05, 3.63) is 34.9 Å². The van der Waals surface area contributed by atoms with Gasteiger partial charge in [0.15, 0.2) is 0 Å². The zero-order chi connectivity index (χ0) is 10.7. The molecule has 0 amide bonds. The average Bonchev–Trinajstić information content (AvgIpc) is 2.07. The van der Waals surface area contributed by atoms with E-state index in [0.717, 1.165) is 5.92 Å². The van der Waals surface area contributed by atoms with Gasteiger partial charge in [-0.2, -0.15) is 0 Å². The first-order chi connectivity index (χ1) is 6.50. The number of hydrogen-bond acceptors (Lipinski definition) is 0. The molecular weight excluding hydrogens is 168 g/mol. The van der Waals surface area contributed by atoms with Crippen molar-refractivity contribution in [1.82, 2.24) is 0 Å². The van der Waals surface area contributed by atoms with Crippen molar-refractivity contribution >= 4 is 0 Å². The van der Waals surface area contributed by atoms with E-state index in [-0.39, 0.29) is 0 Å². The zero-order valence-corrected chi connectivity index (χ0v) is 10.1. The van der Waals surface area contributed by atoms with Crippen LogP contribution < -0.4 is 0 Å². The molecule has 78 valence electrons. The van der Waals surface area contributed by atoms with Gasteiger partial charge < -0.3 is 0 Å². The Kier molecular flexibility index (Phi) is 3.74. The summed E-state index contributed by atoms with van der Waals surface area (Å²) >= 11 is 0. The van der Waals surface area contributed by atoms with E-state index in [0.29, 0.717) is 5.92 Å². The molecule has 0 unspecified atom stereocenters. The van der Waals surface area contributed by atoms with Crippen molar-refractivity contribution < 1.29 is 0 Å². The van der Waals surface area contributed by atoms with Gasteiger partial charge in [0, 0.05) is 0 Å². The molecule has 0 N–H and O–H groups in total. The van der Waals surface area contributed by atoms with Gasteiger partial charge in [-0.15, -0.1) is 0 Å². The average molecular weight is 190 g/mol. The molecule has 0 aliphatic carbocycles. The van der Waals surface area contributed by atoms with Crippen LogP contribution in [0.2, 0.25) is 0 Å². The van der Waals surface area contributed by atoms with E-state index in [4.69, 9.17) is 0 Å². The molecule has 1 aromatic carbocycles. The molecule has 0 heterocycles. The lowest BCUT2D eigenvalue weighted by Gasteiger charge is -2.12. The summed E-state index contributed by atoms with van der Waals surface area (Å²) in [6, 6.07) is 6.89. The number of hydrogen-bond donors (Lipinski definition) is 0. The zero-order valence-electron chi connectivity index (χ0n) is 10.1. The van der Waals surface area contributed by atoms with Crippen LogP contribution in [0.1, 0.15) is 50.3 Å². The second kappa shape index (κ2) is 4.63. The minimum Gasteiger partial charge on any atom is -0.0625 e. The Hall–Kier alpha value is -0.780. The highest BCUT2D eigenvalue weighted by atomic mass is 14.1. The van der Waals surface area contributed by atoms with Crippen LogP contribution in [-0.2, 0) is 6.42 Å². The fourth-order valence-electron chi connectivity index (χ4n) is 1.71. The molecule has 0 atom stereocenters. The van der Waals surface area contributed by atoms with E-state index in [1.807, 2.05) is 0 Å². The maximum atomic E-state index is 2.38. The molecule has 0 saturated heterocycles. The van der Waals surface area contributed by atoms with Crippen molar-refractivity contribution in [2.24, 2.45) is 5.92 Å². The van der Waals surface area contributed by atoms with E-state index in [2.05, 4.69) is 52.8 Å². The van der Waals surface area contributed by atoms with Gasteiger partial charge in [0.2, 0.25) is 0 Å². The molecule has 0 heteroatoms. The summed E-state index contributed by atoms with van der Waals surface area (Å²) in [6.45, 7) is 11.3. The van der Waals surface area contributed by atoms with Crippen molar-refractivity contribution in [1.29, 1.82) is 0 Å². The van der Waals surface area contributed by atoms with Gasteiger partial charge in [0.05, 0.1) is 0 Å². The van der Waals surface area contributed by atoms with Gasteiger partial charge in [-0.3, -0.25) is 0 Å². The van der Waals surface area contributed by atoms with E-state index in [1.54, 1.807) is 0 Å². The minimum absolute atomic E-state index is 0.640. The van der Waals surface area contributed by atoms with Crippen molar-refractivity contribution in [2.75, 3.05) is 0 Å². The van der Waals surface area contributed by atoms with Gasteiger partial charge in [-0.1, -0.05) is 45.9 Å². The van der Waals surface area contributed by atoms with Crippen LogP contribution in [-0.4, -0.2) is 0 Å². The smallest absolute Gasteiger partial charge is 0.0219 e. The Labute approximate surface area is 88.4 Å². The van der Waals surface area contributed by atoms with Gasteiger partial charge >= 0.3 is 0 Å². The summed E-state index contributed by atoms with van der Waals surface area (Å²) in [6.07, 6.45) is 1.20. The predicted molar refractivity (Wildman–Crippen MR) is 63.8 cm³/mol. The van der Waals surface area contributed by atoms with Gasteiger partial charge in [-0.05, 0) is 41.9 Å². The maximum absolute atomic E-state index is 2.38. The lowest BCUT2D eigenvalue weighted by Crippen LogP contribution is -1.99. The lowest BCUT2D eigenvalue weighted by molar-refractivity contribution is 0.643. The Morgan fingerprint density at radius 1 is 1.07 bits per heavy atom. The third kappa shape index (κ3) is 2.87. The van der Waals surface area contributed by atoms with E-state index in [1.165, 1.54) is 23.1 Å². The van der Waals surface area contributed by atoms with Gasteiger partial charge in [-0.25, -0.2) is 0 Å². The summed E-state index contributed by atoms with van der Waals surface area (Å²) in [5.41, 5.74) is 4.42. The summed E-state index contributed by atoms with van der Waals surface area (Å²) in [4.78, 5) is 0. The summed E-state index contributed by atoms with van der Waals surface area (Å²) in [7, 11) is 0. The highest BCUT2D eigenvalue weighted by molar-refractivity contribution is 5.32. The molecule has 0 bridgehead atoms. The Bertz CT molecular complexity index is 295. The lowest BCUT2D eigenvalue weighted by atomic mass is 9.93. The monoisotopic (exact) mass is 190 g/mol. The van der Waals surface area contributed by atoms with Crippen molar-refractivity contribution in [3.8, 4) is 0 Å². The summed E-state index contributed by atoms with van der Waals surface area (Å²) in [5, 5.41) is 0. The number of benzene rings is 1. The molecule has 0 spiro atoms. The van der Waals surface area contributed by atoms with Crippen molar-refractivity contribution in [3.63, 3.8) is 0 Å². The largest absolute Gasteiger partial charge is 0.0625 e. The van der Waals surface area contributed by atoms with Crippen LogP contribution in [0.25, 0.3) is 0 Å². The van der Waals surface area contributed by atoms with Crippen LogP contribution in [0.3, 0.4) is 0 Å². The summed E-state index contributed by atoms with van der Waals surface area (Å²) < 4.78 is 0. The first kappa shape index (κ1) is 11.3. The van der Waals surface area contributed by atoms with E-state index in [9.17, 15) is 0 Å². The third-order valence-corrected chi connectivity index (χ3v) is 2.67. The Morgan fingerprint density at radius 2 is 1.71 bits per heavy atom. The molecule has 0 nitrogen and oxygen atoms in total. The topological polar surface area (TPSA) is 0 Å². The molecule has 1 aromatic rings. The molecule has 0 fully saturated rings. The second-order valence-corrected chi connectivity index (χ2v) is 4.94. The molecule has 0 aromatic heterocycles. The minimum atomic E-state index is 0.640. The van der Waals surface area contributed by atoms with Gasteiger partial charge in [0.25, 0.3) is 0 Å². The van der Waals surface area contributed by atoms with Crippen molar-refractivity contribution in [2.45, 2.75) is 47.0 Å². The highest BCUT2D eigenvalue weighted by Crippen LogP contribution is 2.20. The first-order valence-electron chi connectivity index (χ1n) is 5.60. The fourth-order valence-corrected chi connectivity index (χ4v) is 1.71. The standard InChI is InChI=1S/C14H22/c1-10(2)8-14-9-13(11(3)4)7-6-12(14)5/h6-7,9-11H,8H2,1-5H3. The van der Waals surface area contributed by atoms with Gasteiger partial charge in [0.1, 0.15) is 0 Å². The molecular formula is C14H22. The van der Waals surface area contributed by atoms with E-state index < -0.39 is 0 Å². The number of aryl methyl sites for hydroxylation is 1. The SMILES string of the molecule is Cc1ccc(C(C)C)cc1CC(C)C. The second-order valence-electron chi connectivity index (χ2n) is 4.94. The van der Waals surface area contributed by atoms with Crippen LogP contribution in [0.4, 0.5) is 0 Å². The molecule has 14 heavy (non-hydrogen) atoms. The molecule has 1 rings (SSSR count). The highest BCUT2D eigenvalue weighted by Gasteiger charge is 2.05. The predicted octanol–water partition coefficient (Wildman–Crippen LogP) is 4.32. The summed E-state index contributed by atoms with van der Waals surface area (Å²) in [5.74, 6) is 1.39. The van der Waals surface area contributed by atoms with E-state index >= 15 is 0 Å². The Morgan fingerprint density at radius 3 is 2.21 bits per heavy atom. The first-order valence-corrected chi connectivity index (χ1v) is 5.60.